The van der Waals surface area contributed by atoms with Crippen LogP contribution in [0.5, 0.6) is 0 Å². The van der Waals surface area contributed by atoms with Gasteiger partial charge in [0.1, 0.15) is 6.54 Å². The molecule has 0 spiro atoms. The summed E-state index contributed by atoms with van der Waals surface area (Å²) in [5, 5.41) is 0. The Labute approximate surface area is 92.7 Å². The summed E-state index contributed by atoms with van der Waals surface area (Å²) in [6, 6.07) is 1.27. The first-order valence-corrected chi connectivity index (χ1v) is 5.32. The summed E-state index contributed by atoms with van der Waals surface area (Å²) in [5.74, 6) is 0. The van der Waals surface area contributed by atoms with Crippen LogP contribution in [0.3, 0.4) is 0 Å². The molecule has 1 unspecified atom stereocenters. The molecule has 0 bridgehead atoms. The Morgan fingerprint density at radius 3 is 2.69 bits per heavy atom. The van der Waals surface area contributed by atoms with Crippen LogP contribution in [0.1, 0.15) is 10.5 Å². The third-order valence-corrected chi connectivity index (χ3v) is 2.81. The number of nitrogens with one attached hydrogen (secondary N) is 1. The van der Waals surface area contributed by atoms with Gasteiger partial charge in [-0.2, -0.15) is 13.2 Å². The second kappa shape index (κ2) is 4.89. The molecule has 1 aromatic heterocycles. The van der Waals surface area contributed by atoms with Crippen LogP contribution in [0.15, 0.2) is 17.2 Å². The summed E-state index contributed by atoms with van der Waals surface area (Å²) in [4.78, 5) is 10.6. The molecule has 0 aliphatic heterocycles. The maximum Gasteiger partial charge on any atom is 0.405 e. The van der Waals surface area contributed by atoms with E-state index in [-0.39, 0.29) is 10.6 Å². The number of aryl methyl sites for hydroxylation is 1. The topological polar surface area (TPSA) is 57.1 Å². The van der Waals surface area contributed by atoms with E-state index in [1.165, 1.54) is 23.9 Å². The quantitative estimate of drug-likeness (QED) is 0.644. The fourth-order valence-corrected chi connectivity index (χ4v) is 1.94. The zero-order valence-electron chi connectivity index (χ0n) is 8.25. The monoisotopic (exact) mass is 254 g/mol. The number of rotatable bonds is 4. The minimum absolute atomic E-state index is 0.133. The molecule has 1 rings (SSSR count). The first-order chi connectivity index (χ1) is 7.33. The molecule has 0 aromatic carbocycles. The second-order valence-electron chi connectivity index (χ2n) is 3.03. The van der Waals surface area contributed by atoms with Crippen LogP contribution in [0.25, 0.3) is 0 Å². The van der Waals surface area contributed by atoms with Gasteiger partial charge in [0.15, 0.2) is 11.2 Å². The van der Waals surface area contributed by atoms with Gasteiger partial charge in [-0.25, -0.2) is 0 Å². The first kappa shape index (κ1) is 13.1. The Balaban J connectivity index is 2.66. The van der Waals surface area contributed by atoms with Crippen molar-refractivity contribution in [2.45, 2.75) is 11.1 Å². The van der Waals surface area contributed by atoms with Gasteiger partial charge in [-0.15, -0.1) is 4.72 Å². The van der Waals surface area contributed by atoms with Crippen LogP contribution >= 0.6 is 0 Å². The molecule has 0 radical (unpaired) electrons. The number of carbonyl (C=O) groups is 1. The third-order valence-electron chi connectivity index (χ3n) is 1.76. The Morgan fingerprint density at radius 2 is 2.25 bits per heavy atom. The van der Waals surface area contributed by atoms with Crippen molar-refractivity contribution in [3.05, 3.63) is 18.0 Å². The number of carbonyl (C=O) groups excluding carboxylic acids is 1. The molecule has 0 aliphatic rings. The summed E-state index contributed by atoms with van der Waals surface area (Å²) in [7, 11) is 1.54. The molecule has 1 aromatic rings. The number of aldehydes is 1. The summed E-state index contributed by atoms with van der Waals surface area (Å²) in [6.45, 7) is -1.34. The molecule has 1 heterocycles. The van der Waals surface area contributed by atoms with E-state index >= 15 is 0 Å². The van der Waals surface area contributed by atoms with Gasteiger partial charge in [-0.3, -0.25) is 4.79 Å². The predicted molar refractivity (Wildman–Crippen MR) is 51.3 cm³/mol. The van der Waals surface area contributed by atoms with Crippen molar-refractivity contribution in [2.24, 2.45) is 7.05 Å². The maximum atomic E-state index is 11.8. The first-order valence-electron chi connectivity index (χ1n) is 4.17. The lowest BCUT2D eigenvalue weighted by atomic mass is 10.5. The lowest BCUT2D eigenvalue weighted by Crippen LogP contribution is -2.33. The minimum Gasteiger partial charge on any atom is -0.593 e. The SMILES string of the molecule is Cn1cc([S+]([O-])NCC(F)(F)F)cc1C=O. The lowest BCUT2D eigenvalue weighted by molar-refractivity contribution is -0.121. The Kier molecular flexibility index (Phi) is 4.00. The van der Waals surface area contributed by atoms with Crippen molar-refractivity contribution in [3.63, 3.8) is 0 Å². The van der Waals surface area contributed by atoms with Crippen molar-refractivity contribution in [1.29, 1.82) is 0 Å². The van der Waals surface area contributed by atoms with Crippen LogP contribution in [0.4, 0.5) is 13.2 Å². The number of aromatic nitrogens is 1. The van der Waals surface area contributed by atoms with Gasteiger partial charge in [-0.1, -0.05) is 0 Å². The number of nitrogens with zero attached hydrogens (tertiary/aromatic N) is 1. The highest BCUT2D eigenvalue weighted by Gasteiger charge is 2.30. The zero-order valence-corrected chi connectivity index (χ0v) is 9.06. The van der Waals surface area contributed by atoms with E-state index in [4.69, 9.17) is 0 Å². The van der Waals surface area contributed by atoms with Gasteiger partial charge in [-0.05, 0) is 0 Å². The van der Waals surface area contributed by atoms with Gasteiger partial charge in [0.05, 0.1) is 23.3 Å². The van der Waals surface area contributed by atoms with Crippen LogP contribution in [0, 0.1) is 0 Å². The van der Waals surface area contributed by atoms with Crippen molar-refractivity contribution in [3.8, 4) is 0 Å². The second-order valence-corrected chi connectivity index (χ2v) is 4.33. The molecule has 0 aliphatic carbocycles. The van der Waals surface area contributed by atoms with E-state index in [2.05, 4.69) is 0 Å². The van der Waals surface area contributed by atoms with E-state index in [9.17, 15) is 22.5 Å². The van der Waals surface area contributed by atoms with Crippen LogP contribution in [-0.4, -0.2) is 28.1 Å². The van der Waals surface area contributed by atoms with E-state index in [0.29, 0.717) is 6.29 Å². The molecule has 0 saturated heterocycles. The number of alkyl halides is 3. The molecule has 0 amide bonds. The summed E-state index contributed by atoms with van der Waals surface area (Å²) < 4.78 is 50.0. The van der Waals surface area contributed by atoms with Crippen molar-refractivity contribution < 1.29 is 22.5 Å². The van der Waals surface area contributed by atoms with Gasteiger partial charge < -0.3 is 9.12 Å². The number of hydrogen-bond acceptors (Lipinski definition) is 3. The smallest absolute Gasteiger partial charge is 0.405 e. The lowest BCUT2D eigenvalue weighted by Gasteiger charge is -2.10. The van der Waals surface area contributed by atoms with Gasteiger partial charge in [0, 0.05) is 13.1 Å². The Hall–Kier alpha value is -0.990. The van der Waals surface area contributed by atoms with Gasteiger partial charge >= 0.3 is 6.18 Å². The molecule has 8 heteroatoms. The van der Waals surface area contributed by atoms with Crippen molar-refractivity contribution in [2.75, 3.05) is 6.54 Å². The van der Waals surface area contributed by atoms with E-state index in [1.54, 1.807) is 0 Å². The highest BCUT2D eigenvalue weighted by Crippen LogP contribution is 2.16. The summed E-state index contributed by atoms with van der Waals surface area (Å²) in [6.07, 6.45) is -2.55. The minimum atomic E-state index is -4.42. The molecule has 16 heavy (non-hydrogen) atoms. The van der Waals surface area contributed by atoms with Crippen molar-refractivity contribution in [1.82, 2.24) is 9.29 Å². The van der Waals surface area contributed by atoms with Crippen LogP contribution in [0.2, 0.25) is 0 Å². The third kappa shape index (κ3) is 3.54. The molecule has 0 saturated carbocycles. The van der Waals surface area contributed by atoms with E-state index in [0.717, 1.165) is 0 Å². The van der Waals surface area contributed by atoms with Crippen LogP contribution < -0.4 is 4.72 Å². The molecule has 90 valence electrons. The highest BCUT2D eigenvalue weighted by molar-refractivity contribution is 7.89. The molecule has 4 nitrogen and oxygen atoms in total. The van der Waals surface area contributed by atoms with Crippen LogP contribution in [-0.2, 0) is 18.4 Å². The fraction of sp³-hybridized carbons (Fsp3) is 0.375. The summed E-state index contributed by atoms with van der Waals surface area (Å²) in [5.41, 5.74) is 0.247. The van der Waals surface area contributed by atoms with E-state index < -0.39 is 24.1 Å². The zero-order chi connectivity index (χ0) is 12.3. The molecule has 0 fully saturated rings. The Morgan fingerprint density at radius 1 is 1.62 bits per heavy atom. The summed E-state index contributed by atoms with van der Waals surface area (Å²) >= 11 is -1.97. The molecule has 1 N–H and O–H groups in total. The molecular weight excluding hydrogens is 245 g/mol. The van der Waals surface area contributed by atoms with E-state index in [1.807, 2.05) is 4.72 Å². The standard InChI is InChI=1S/C8H9F3N2O2S/c1-13-3-7(2-6(13)4-14)16(15)12-5-8(9,10)11/h2-4,12H,5H2,1H3. The maximum absolute atomic E-state index is 11.8. The number of hydrogen-bond donors (Lipinski definition) is 1. The van der Waals surface area contributed by atoms with Gasteiger partial charge in [0.2, 0.25) is 0 Å². The fourth-order valence-electron chi connectivity index (χ4n) is 0.999. The average molecular weight is 254 g/mol. The highest BCUT2D eigenvalue weighted by atomic mass is 32.2. The van der Waals surface area contributed by atoms with Crippen molar-refractivity contribution >= 4 is 17.6 Å². The number of halogens is 3. The molecule has 1 atom stereocenters. The van der Waals surface area contributed by atoms with Gasteiger partial charge in [0.25, 0.3) is 0 Å². The average Bonchev–Trinajstić information content (AvgIpc) is 2.55. The molecular formula is C8H9F3N2O2S. The normalized spacial score (nSPS) is 13.8. The largest absolute Gasteiger partial charge is 0.593 e. The predicted octanol–water partition coefficient (Wildman–Crippen LogP) is 1.01. The Bertz CT molecular complexity index is 378.